The molecule has 1 atom stereocenters. The van der Waals surface area contributed by atoms with Gasteiger partial charge in [0.2, 0.25) is 5.91 Å². The molecule has 1 heterocycles. The first-order chi connectivity index (χ1) is 13.3. The van der Waals surface area contributed by atoms with Crippen molar-refractivity contribution in [3.63, 3.8) is 0 Å². The summed E-state index contributed by atoms with van der Waals surface area (Å²) < 4.78 is 13.4. The lowest BCUT2D eigenvalue weighted by Gasteiger charge is -2.40. The Labute approximate surface area is 171 Å². The van der Waals surface area contributed by atoms with Crippen LogP contribution < -0.4 is 4.90 Å². The summed E-state index contributed by atoms with van der Waals surface area (Å²) >= 11 is 6.16. The zero-order chi connectivity index (χ0) is 20.3. The summed E-state index contributed by atoms with van der Waals surface area (Å²) in [4.78, 5) is 19.0. The quantitative estimate of drug-likeness (QED) is 0.756. The SMILES string of the molecule is Cc1ccc(Cl)cc1N1CCN([C@@H](C)C(=O)N(C)Cc2cccc(F)c2)CC1. The molecule has 3 rings (SSSR count). The maximum atomic E-state index is 13.4. The molecular weight excluding hydrogens is 377 g/mol. The normalized spacial score (nSPS) is 16.1. The number of likely N-dealkylation sites (N-methyl/N-ethyl adjacent to an activating group) is 1. The number of benzene rings is 2. The van der Waals surface area contributed by atoms with Gasteiger partial charge in [0.1, 0.15) is 5.82 Å². The first-order valence-corrected chi connectivity index (χ1v) is 9.97. The number of aryl methyl sites for hydroxylation is 1. The molecular formula is C22H27ClFN3O. The van der Waals surface area contributed by atoms with E-state index in [1.54, 1.807) is 18.0 Å². The molecule has 0 spiro atoms. The van der Waals surface area contributed by atoms with Crippen molar-refractivity contribution in [1.82, 2.24) is 9.80 Å². The van der Waals surface area contributed by atoms with Gasteiger partial charge in [-0.1, -0.05) is 29.8 Å². The van der Waals surface area contributed by atoms with E-state index in [-0.39, 0.29) is 17.8 Å². The Kier molecular flexibility index (Phi) is 6.57. The van der Waals surface area contributed by atoms with Crippen LogP contribution in [0.25, 0.3) is 0 Å². The minimum atomic E-state index is -0.279. The third-order valence-electron chi connectivity index (χ3n) is 5.42. The third-order valence-corrected chi connectivity index (χ3v) is 5.65. The van der Waals surface area contributed by atoms with E-state index in [2.05, 4.69) is 16.7 Å². The Morgan fingerprint density at radius 1 is 1.18 bits per heavy atom. The minimum absolute atomic E-state index is 0.0525. The van der Waals surface area contributed by atoms with Crippen LogP contribution in [0.2, 0.25) is 5.02 Å². The summed E-state index contributed by atoms with van der Waals surface area (Å²) in [5, 5.41) is 0.741. The lowest BCUT2D eigenvalue weighted by molar-refractivity contribution is -0.135. The lowest BCUT2D eigenvalue weighted by Crippen LogP contribution is -2.54. The molecule has 2 aromatic rings. The molecule has 0 unspecified atom stereocenters. The molecule has 1 fully saturated rings. The number of anilines is 1. The summed E-state index contributed by atoms with van der Waals surface area (Å²) in [6, 6.07) is 12.1. The molecule has 0 saturated carbocycles. The molecule has 6 heteroatoms. The minimum Gasteiger partial charge on any atom is -0.369 e. The second-order valence-corrected chi connectivity index (χ2v) is 7.89. The van der Waals surface area contributed by atoms with Gasteiger partial charge in [-0.2, -0.15) is 0 Å². The summed E-state index contributed by atoms with van der Waals surface area (Å²) in [6.07, 6.45) is 0. The molecule has 0 aromatic heterocycles. The molecule has 0 aliphatic carbocycles. The Balaban J connectivity index is 1.57. The van der Waals surface area contributed by atoms with Crippen LogP contribution in [0.3, 0.4) is 0 Å². The number of piperazine rings is 1. The van der Waals surface area contributed by atoms with Crippen LogP contribution in [0.1, 0.15) is 18.1 Å². The molecule has 0 bridgehead atoms. The highest BCUT2D eigenvalue weighted by molar-refractivity contribution is 6.30. The Morgan fingerprint density at radius 2 is 1.89 bits per heavy atom. The largest absolute Gasteiger partial charge is 0.369 e. The third kappa shape index (κ3) is 4.83. The number of carbonyl (C=O) groups excluding carboxylic acids is 1. The lowest BCUT2D eigenvalue weighted by atomic mass is 10.1. The number of rotatable bonds is 5. The van der Waals surface area contributed by atoms with Crippen molar-refractivity contribution in [2.75, 3.05) is 38.1 Å². The monoisotopic (exact) mass is 403 g/mol. The molecule has 1 amide bonds. The molecule has 1 aliphatic heterocycles. The van der Waals surface area contributed by atoms with Gasteiger partial charge in [0, 0.05) is 50.5 Å². The first kappa shape index (κ1) is 20.6. The van der Waals surface area contributed by atoms with Crippen LogP contribution in [0, 0.1) is 12.7 Å². The van der Waals surface area contributed by atoms with Crippen LogP contribution in [0.4, 0.5) is 10.1 Å². The summed E-state index contributed by atoms with van der Waals surface area (Å²) in [5.41, 5.74) is 3.16. The van der Waals surface area contributed by atoms with E-state index in [0.717, 1.165) is 42.5 Å². The van der Waals surface area contributed by atoms with Crippen LogP contribution in [0.15, 0.2) is 42.5 Å². The zero-order valence-corrected chi connectivity index (χ0v) is 17.4. The molecule has 2 aromatic carbocycles. The van der Waals surface area contributed by atoms with Crippen molar-refractivity contribution in [3.8, 4) is 0 Å². The van der Waals surface area contributed by atoms with Crippen LogP contribution in [-0.2, 0) is 11.3 Å². The molecule has 1 aliphatic rings. The van der Waals surface area contributed by atoms with Crippen molar-refractivity contribution < 1.29 is 9.18 Å². The van der Waals surface area contributed by atoms with Crippen LogP contribution in [0.5, 0.6) is 0 Å². The Hall–Kier alpha value is -2.11. The summed E-state index contributed by atoms with van der Waals surface area (Å²) in [7, 11) is 1.77. The highest BCUT2D eigenvalue weighted by Gasteiger charge is 2.28. The first-order valence-electron chi connectivity index (χ1n) is 9.59. The van der Waals surface area contributed by atoms with Crippen molar-refractivity contribution in [1.29, 1.82) is 0 Å². The fourth-order valence-corrected chi connectivity index (χ4v) is 3.90. The van der Waals surface area contributed by atoms with E-state index in [1.165, 1.54) is 17.7 Å². The Morgan fingerprint density at radius 3 is 2.57 bits per heavy atom. The predicted molar refractivity (Wildman–Crippen MR) is 112 cm³/mol. The van der Waals surface area contributed by atoms with E-state index in [0.29, 0.717) is 6.54 Å². The van der Waals surface area contributed by atoms with Crippen molar-refractivity contribution >= 4 is 23.2 Å². The fraction of sp³-hybridized carbons (Fsp3) is 0.409. The fourth-order valence-electron chi connectivity index (χ4n) is 3.74. The van der Waals surface area contributed by atoms with Gasteiger partial charge in [-0.15, -0.1) is 0 Å². The van der Waals surface area contributed by atoms with Gasteiger partial charge in [0.05, 0.1) is 6.04 Å². The standard InChI is InChI=1S/C22H27ClFN3O/c1-16-7-8-19(23)14-21(16)27-11-9-26(10-12-27)17(2)22(28)25(3)15-18-5-4-6-20(24)13-18/h4-8,13-14,17H,9-12,15H2,1-3H3/t17-/m0/s1. The number of nitrogens with zero attached hydrogens (tertiary/aromatic N) is 3. The van der Waals surface area contributed by atoms with E-state index in [9.17, 15) is 9.18 Å². The highest BCUT2D eigenvalue weighted by Crippen LogP contribution is 2.25. The van der Waals surface area contributed by atoms with Gasteiger partial charge < -0.3 is 9.80 Å². The van der Waals surface area contributed by atoms with Gasteiger partial charge in [-0.3, -0.25) is 9.69 Å². The van der Waals surface area contributed by atoms with Crippen molar-refractivity contribution in [2.24, 2.45) is 0 Å². The maximum absolute atomic E-state index is 13.4. The summed E-state index contributed by atoms with van der Waals surface area (Å²) in [6.45, 7) is 7.77. The van der Waals surface area contributed by atoms with Gasteiger partial charge in [0.15, 0.2) is 0 Å². The molecule has 0 radical (unpaired) electrons. The molecule has 1 saturated heterocycles. The number of hydrogen-bond acceptors (Lipinski definition) is 3. The van der Waals surface area contributed by atoms with Crippen molar-refractivity contribution in [2.45, 2.75) is 26.4 Å². The molecule has 150 valence electrons. The van der Waals surface area contributed by atoms with Gasteiger partial charge in [0.25, 0.3) is 0 Å². The van der Waals surface area contributed by atoms with Gasteiger partial charge in [-0.25, -0.2) is 4.39 Å². The van der Waals surface area contributed by atoms with Gasteiger partial charge >= 0.3 is 0 Å². The van der Waals surface area contributed by atoms with E-state index in [1.807, 2.05) is 31.2 Å². The Bertz CT molecular complexity index is 836. The van der Waals surface area contributed by atoms with E-state index >= 15 is 0 Å². The number of halogens is 2. The van der Waals surface area contributed by atoms with Gasteiger partial charge in [-0.05, 0) is 49.2 Å². The number of hydrogen-bond donors (Lipinski definition) is 0. The maximum Gasteiger partial charge on any atom is 0.239 e. The molecule has 0 N–H and O–H groups in total. The average molecular weight is 404 g/mol. The van der Waals surface area contributed by atoms with Crippen LogP contribution in [-0.4, -0.2) is 55.0 Å². The second-order valence-electron chi connectivity index (χ2n) is 7.45. The second kappa shape index (κ2) is 8.93. The topological polar surface area (TPSA) is 26.8 Å². The highest BCUT2D eigenvalue weighted by atomic mass is 35.5. The smallest absolute Gasteiger partial charge is 0.239 e. The average Bonchev–Trinajstić information content (AvgIpc) is 2.69. The van der Waals surface area contributed by atoms with Crippen LogP contribution >= 0.6 is 11.6 Å². The van der Waals surface area contributed by atoms with Crippen molar-refractivity contribution in [3.05, 3.63) is 64.4 Å². The predicted octanol–water partition coefficient (Wildman–Crippen LogP) is 3.96. The number of amides is 1. The summed E-state index contributed by atoms with van der Waals surface area (Å²) in [5.74, 6) is -0.226. The number of carbonyl (C=O) groups is 1. The van der Waals surface area contributed by atoms with E-state index in [4.69, 9.17) is 11.6 Å². The molecule has 4 nitrogen and oxygen atoms in total. The van der Waals surface area contributed by atoms with E-state index < -0.39 is 0 Å². The molecule has 28 heavy (non-hydrogen) atoms. The zero-order valence-electron chi connectivity index (χ0n) is 16.7.